The van der Waals surface area contributed by atoms with Crippen molar-refractivity contribution < 1.29 is 9.59 Å². The third-order valence-electron chi connectivity index (χ3n) is 3.31. The molecule has 0 saturated heterocycles. The lowest BCUT2D eigenvalue weighted by molar-refractivity contribution is -0.125. The van der Waals surface area contributed by atoms with Gasteiger partial charge >= 0.3 is 0 Å². The lowest BCUT2D eigenvalue weighted by Crippen LogP contribution is -2.53. The number of fused-ring (bicyclic) bond motifs is 1. The van der Waals surface area contributed by atoms with Gasteiger partial charge in [-0.1, -0.05) is 18.2 Å². The number of amides is 2. The zero-order valence-electron chi connectivity index (χ0n) is 10.7. The van der Waals surface area contributed by atoms with E-state index in [1.807, 2.05) is 24.3 Å². The van der Waals surface area contributed by atoms with Crippen LogP contribution in [0.1, 0.15) is 25.5 Å². The average Bonchev–Trinajstić information content (AvgIpc) is 2.55. The molecule has 96 valence electrons. The van der Waals surface area contributed by atoms with Crippen molar-refractivity contribution in [1.82, 2.24) is 5.32 Å². The fraction of sp³-hybridized carbons (Fsp3) is 0.385. The molecule has 0 bridgehead atoms. The minimum Gasteiger partial charge on any atom is -0.368 e. The number of hydrogen-bond donors (Lipinski definition) is 2. The monoisotopic (exact) mass is 247 g/mol. The molecule has 5 heteroatoms. The molecule has 3 N–H and O–H groups in total. The van der Waals surface area contributed by atoms with Crippen molar-refractivity contribution in [2.24, 2.45) is 5.73 Å². The molecule has 2 amide bonds. The van der Waals surface area contributed by atoms with E-state index in [1.165, 1.54) is 0 Å². The summed E-state index contributed by atoms with van der Waals surface area (Å²) in [5, 5.41) is 3.03. The molecule has 1 aromatic carbocycles. The molecule has 0 spiro atoms. The van der Waals surface area contributed by atoms with Crippen LogP contribution in [0.4, 0.5) is 5.69 Å². The maximum atomic E-state index is 12.2. The molecule has 1 aliphatic rings. The molecule has 1 atom stereocenters. The standard InChI is InChI=1S/C13H17N3O2/c1-13(2,12(14)18)15-10-8-6-4-5-7-9(8)16(3)11(10)17/h4-7,10,15H,1-3H3,(H2,14,18). The highest BCUT2D eigenvalue weighted by Crippen LogP contribution is 2.35. The highest BCUT2D eigenvalue weighted by Gasteiger charge is 2.39. The Labute approximate surface area is 106 Å². The van der Waals surface area contributed by atoms with E-state index in [9.17, 15) is 9.59 Å². The number of likely N-dealkylation sites (N-methyl/N-ethyl adjacent to an activating group) is 1. The van der Waals surface area contributed by atoms with E-state index < -0.39 is 17.5 Å². The molecule has 0 radical (unpaired) electrons. The van der Waals surface area contributed by atoms with Gasteiger partial charge in [0.05, 0.1) is 5.54 Å². The quantitative estimate of drug-likeness (QED) is 0.819. The molecule has 0 aromatic heterocycles. The molecule has 5 nitrogen and oxygen atoms in total. The molecular weight excluding hydrogens is 230 g/mol. The Kier molecular flexibility index (Phi) is 2.86. The van der Waals surface area contributed by atoms with Crippen LogP contribution in [-0.2, 0) is 9.59 Å². The van der Waals surface area contributed by atoms with Crippen molar-refractivity contribution >= 4 is 17.5 Å². The lowest BCUT2D eigenvalue weighted by Gasteiger charge is -2.26. The van der Waals surface area contributed by atoms with Crippen molar-refractivity contribution in [3.63, 3.8) is 0 Å². The van der Waals surface area contributed by atoms with E-state index in [-0.39, 0.29) is 5.91 Å². The summed E-state index contributed by atoms with van der Waals surface area (Å²) < 4.78 is 0. The van der Waals surface area contributed by atoms with Gasteiger partial charge in [0.15, 0.2) is 0 Å². The number of carbonyl (C=O) groups excluding carboxylic acids is 2. The highest BCUT2D eigenvalue weighted by molar-refractivity contribution is 6.04. The average molecular weight is 247 g/mol. The maximum absolute atomic E-state index is 12.2. The van der Waals surface area contributed by atoms with Gasteiger partial charge in [-0.3, -0.25) is 14.9 Å². The zero-order valence-corrected chi connectivity index (χ0v) is 10.7. The van der Waals surface area contributed by atoms with E-state index in [4.69, 9.17) is 5.73 Å². The summed E-state index contributed by atoms with van der Waals surface area (Å²) in [6.07, 6.45) is 0. The third kappa shape index (κ3) is 1.86. The molecule has 1 aromatic rings. The second kappa shape index (κ2) is 4.10. The van der Waals surface area contributed by atoms with Crippen LogP contribution >= 0.6 is 0 Å². The van der Waals surface area contributed by atoms with Gasteiger partial charge in [-0.2, -0.15) is 0 Å². The number of carbonyl (C=O) groups is 2. The van der Waals surface area contributed by atoms with Crippen LogP contribution in [-0.4, -0.2) is 24.4 Å². The number of primary amides is 1. The first-order chi connectivity index (χ1) is 8.34. The molecule has 0 saturated carbocycles. The zero-order chi connectivity index (χ0) is 13.5. The van der Waals surface area contributed by atoms with Crippen LogP contribution in [0.2, 0.25) is 0 Å². The van der Waals surface area contributed by atoms with Gasteiger partial charge in [0.1, 0.15) is 6.04 Å². The second-order valence-corrected chi connectivity index (χ2v) is 5.02. The summed E-state index contributed by atoms with van der Waals surface area (Å²) >= 11 is 0. The number of rotatable bonds is 3. The van der Waals surface area contributed by atoms with Crippen LogP contribution < -0.4 is 16.0 Å². The Morgan fingerprint density at radius 1 is 1.39 bits per heavy atom. The van der Waals surface area contributed by atoms with Crippen LogP contribution in [0.5, 0.6) is 0 Å². The molecule has 1 unspecified atom stereocenters. The summed E-state index contributed by atoms with van der Waals surface area (Å²) in [6, 6.07) is 6.99. The van der Waals surface area contributed by atoms with E-state index >= 15 is 0 Å². The molecular formula is C13H17N3O2. The normalized spacial score (nSPS) is 18.9. The number of hydrogen-bond acceptors (Lipinski definition) is 3. The van der Waals surface area contributed by atoms with Gasteiger partial charge in [-0.15, -0.1) is 0 Å². The van der Waals surface area contributed by atoms with Crippen LogP contribution in [0.25, 0.3) is 0 Å². The minimum atomic E-state index is -0.932. The minimum absolute atomic E-state index is 0.0782. The largest absolute Gasteiger partial charge is 0.368 e. The number of para-hydroxylation sites is 1. The number of nitrogens with zero attached hydrogens (tertiary/aromatic N) is 1. The van der Waals surface area contributed by atoms with Crippen molar-refractivity contribution in [3.8, 4) is 0 Å². The van der Waals surface area contributed by atoms with Crippen molar-refractivity contribution in [1.29, 1.82) is 0 Å². The van der Waals surface area contributed by atoms with Gasteiger partial charge in [-0.05, 0) is 19.9 Å². The van der Waals surface area contributed by atoms with Crippen molar-refractivity contribution in [2.75, 3.05) is 11.9 Å². The maximum Gasteiger partial charge on any atom is 0.248 e. The fourth-order valence-corrected chi connectivity index (χ4v) is 2.05. The number of nitrogens with one attached hydrogen (secondary N) is 1. The topological polar surface area (TPSA) is 75.4 Å². The van der Waals surface area contributed by atoms with Gasteiger partial charge < -0.3 is 10.6 Å². The molecule has 1 aliphatic heterocycles. The van der Waals surface area contributed by atoms with E-state index in [0.717, 1.165) is 11.3 Å². The van der Waals surface area contributed by atoms with Crippen molar-refractivity contribution in [3.05, 3.63) is 29.8 Å². The number of nitrogens with two attached hydrogens (primary N) is 1. The number of benzene rings is 1. The predicted octanol–water partition coefficient (Wildman–Crippen LogP) is 0.558. The third-order valence-corrected chi connectivity index (χ3v) is 3.31. The van der Waals surface area contributed by atoms with Gasteiger partial charge in [-0.25, -0.2) is 0 Å². The second-order valence-electron chi connectivity index (χ2n) is 5.02. The lowest BCUT2D eigenvalue weighted by atomic mass is 10.0. The van der Waals surface area contributed by atoms with Crippen molar-refractivity contribution in [2.45, 2.75) is 25.4 Å². The van der Waals surface area contributed by atoms with E-state index in [0.29, 0.717) is 0 Å². The van der Waals surface area contributed by atoms with Gasteiger partial charge in [0.25, 0.3) is 0 Å². The summed E-state index contributed by atoms with van der Waals surface area (Å²) in [4.78, 5) is 25.1. The Hall–Kier alpha value is -1.88. The van der Waals surface area contributed by atoms with Crippen LogP contribution in [0.3, 0.4) is 0 Å². The SMILES string of the molecule is CN1C(=O)C(NC(C)(C)C(N)=O)c2ccccc21. The Morgan fingerprint density at radius 2 is 2.00 bits per heavy atom. The smallest absolute Gasteiger partial charge is 0.248 e. The molecule has 18 heavy (non-hydrogen) atoms. The summed E-state index contributed by atoms with van der Waals surface area (Å²) in [5.74, 6) is -0.562. The summed E-state index contributed by atoms with van der Waals surface area (Å²) in [5.41, 5.74) is 6.13. The molecule has 0 aliphatic carbocycles. The highest BCUT2D eigenvalue weighted by atomic mass is 16.2. The summed E-state index contributed by atoms with van der Waals surface area (Å²) in [6.45, 7) is 3.34. The molecule has 0 fully saturated rings. The predicted molar refractivity (Wildman–Crippen MR) is 69.0 cm³/mol. The first-order valence-electron chi connectivity index (χ1n) is 5.78. The number of anilines is 1. The van der Waals surface area contributed by atoms with Crippen LogP contribution in [0.15, 0.2) is 24.3 Å². The van der Waals surface area contributed by atoms with Gasteiger partial charge in [0.2, 0.25) is 11.8 Å². The fourth-order valence-electron chi connectivity index (χ4n) is 2.05. The first kappa shape index (κ1) is 12.6. The molecule has 1 heterocycles. The van der Waals surface area contributed by atoms with Crippen LogP contribution in [0, 0.1) is 0 Å². The molecule has 2 rings (SSSR count). The summed E-state index contributed by atoms with van der Waals surface area (Å²) in [7, 11) is 1.72. The van der Waals surface area contributed by atoms with E-state index in [1.54, 1.807) is 25.8 Å². The Bertz CT molecular complexity index is 511. The Morgan fingerprint density at radius 3 is 2.61 bits per heavy atom. The first-order valence-corrected chi connectivity index (χ1v) is 5.78. The Balaban J connectivity index is 2.36. The van der Waals surface area contributed by atoms with E-state index in [2.05, 4.69) is 5.32 Å². The van der Waals surface area contributed by atoms with Gasteiger partial charge in [0, 0.05) is 18.3 Å².